The van der Waals surface area contributed by atoms with Crippen LogP contribution in [0.25, 0.3) is 11.0 Å². The standard InChI is InChI=1S/C13H13N3O4/c1-7-12(16-10(13(19)20)6-11(17)18)15-9-5-3-2-4-8(9)14-7/h2-5,10H,6H2,1H3,(H,15,16)(H,17,18)(H,19,20). The van der Waals surface area contributed by atoms with Crippen LogP contribution in [0.15, 0.2) is 24.3 Å². The van der Waals surface area contributed by atoms with Crippen molar-refractivity contribution in [1.29, 1.82) is 0 Å². The molecule has 0 saturated carbocycles. The molecular formula is C13H13N3O4. The molecule has 104 valence electrons. The molecule has 1 aromatic carbocycles. The van der Waals surface area contributed by atoms with E-state index in [1.807, 2.05) is 6.07 Å². The molecule has 3 N–H and O–H groups in total. The summed E-state index contributed by atoms with van der Waals surface area (Å²) < 4.78 is 0. The number of anilines is 1. The summed E-state index contributed by atoms with van der Waals surface area (Å²) in [7, 11) is 0. The molecular weight excluding hydrogens is 262 g/mol. The number of nitrogens with zero attached hydrogens (tertiary/aromatic N) is 2. The van der Waals surface area contributed by atoms with Gasteiger partial charge in [-0.15, -0.1) is 0 Å². The molecule has 0 aliphatic carbocycles. The van der Waals surface area contributed by atoms with Gasteiger partial charge >= 0.3 is 11.9 Å². The van der Waals surface area contributed by atoms with Crippen molar-refractivity contribution in [2.75, 3.05) is 5.32 Å². The van der Waals surface area contributed by atoms with Crippen LogP contribution in [0.5, 0.6) is 0 Å². The number of carboxylic acid groups (broad SMARTS) is 2. The molecule has 1 atom stereocenters. The van der Waals surface area contributed by atoms with Crippen molar-refractivity contribution < 1.29 is 19.8 Å². The van der Waals surface area contributed by atoms with Crippen LogP contribution in [0.4, 0.5) is 5.82 Å². The number of aliphatic carboxylic acids is 2. The molecule has 1 heterocycles. The normalized spacial score (nSPS) is 12.1. The van der Waals surface area contributed by atoms with Crippen molar-refractivity contribution in [1.82, 2.24) is 9.97 Å². The van der Waals surface area contributed by atoms with Gasteiger partial charge in [-0.1, -0.05) is 12.1 Å². The topological polar surface area (TPSA) is 112 Å². The van der Waals surface area contributed by atoms with Crippen LogP contribution in [-0.2, 0) is 9.59 Å². The van der Waals surface area contributed by atoms with Crippen LogP contribution in [0, 0.1) is 6.92 Å². The molecule has 1 aromatic heterocycles. The lowest BCUT2D eigenvalue weighted by atomic mass is 10.2. The number of nitrogens with one attached hydrogen (secondary N) is 1. The SMILES string of the molecule is Cc1nc2ccccc2nc1NC(CC(=O)O)C(=O)O. The van der Waals surface area contributed by atoms with Crippen molar-refractivity contribution in [3.63, 3.8) is 0 Å². The minimum absolute atomic E-state index is 0.275. The maximum Gasteiger partial charge on any atom is 0.326 e. The van der Waals surface area contributed by atoms with E-state index in [0.717, 1.165) is 0 Å². The minimum Gasteiger partial charge on any atom is -0.481 e. The van der Waals surface area contributed by atoms with Gasteiger partial charge in [0.1, 0.15) is 11.9 Å². The Morgan fingerprint density at radius 1 is 1.20 bits per heavy atom. The van der Waals surface area contributed by atoms with Crippen molar-refractivity contribution in [2.24, 2.45) is 0 Å². The average molecular weight is 275 g/mol. The number of fused-ring (bicyclic) bond motifs is 1. The zero-order valence-electron chi connectivity index (χ0n) is 10.7. The molecule has 7 heteroatoms. The first-order chi connectivity index (χ1) is 9.47. The lowest BCUT2D eigenvalue weighted by molar-refractivity contribution is -0.144. The first-order valence-electron chi connectivity index (χ1n) is 5.92. The second kappa shape index (κ2) is 5.52. The molecule has 0 radical (unpaired) electrons. The molecule has 0 amide bonds. The highest BCUT2D eigenvalue weighted by Gasteiger charge is 2.22. The summed E-state index contributed by atoms with van der Waals surface area (Å²) in [5, 5.41) is 20.3. The number of carbonyl (C=O) groups is 2. The predicted molar refractivity (Wildman–Crippen MR) is 71.6 cm³/mol. The van der Waals surface area contributed by atoms with Crippen LogP contribution in [0.2, 0.25) is 0 Å². The second-order valence-electron chi connectivity index (χ2n) is 4.28. The van der Waals surface area contributed by atoms with Gasteiger partial charge in [0.25, 0.3) is 0 Å². The molecule has 2 aromatic rings. The highest BCUT2D eigenvalue weighted by Crippen LogP contribution is 2.17. The van der Waals surface area contributed by atoms with Crippen molar-refractivity contribution in [3.8, 4) is 0 Å². The number of aryl methyl sites for hydroxylation is 1. The summed E-state index contributed by atoms with van der Waals surface area (Å²) in [6, 6.07) is 5.92. The van der Waals surface area contributed by atoms with Gasteiger partial charge < -0.3 is 15.5 Å². The van der Waals surface area contributed by atoms with Crippen LogP contribution in [0.3, 0.4) is 0 Å². The van der Waals surface area contributed by atoms with Crippen LogP contribution < -0.4 is 5.32 Å². The molecule has 0 fully saturated rings. The first-order valence-corrected chi connectivity index (χ1v) is 5.92. The van der Waals surface area contributed by atoms with E-state index < -0.39 is 24.4 Å². The third kappa shape index (κ3) is 3.00. The fourth-order valence-corrected chi connectivity index (χ4v) is 1.76. The molecule has 0 saturated heterocycles. The van der Waals surface area contributed by atoms with Crippen molar-refractivity contribution >= 4 is 28.8 Å². The van der Waals surface area contributed by atoms with Crippen LogP contribution in [0.1, 0.15) is 12.1 Å². The maximum absolute atomic E-state index is 11.0. The Balaban J connectivity index is 2.34. The van der Waals surface area contributed by atoms with Crippen LogP contribution in [-0.4, -0.2) is 38.2 Å². The predicted octanol–water partition coefficient (Wildman–Crippen LogP) is 1.28. The van der Waals surface area contributed by atoms with Gasteiger partial charge in [0.15, 0.2) is 0 Å². The largest absolute Gasteiger partial charge is 0.481 e. The van der Waals surface area contributed by atoms with Gasteiger partial charge in [-0.05, 0) is 19.1 Å². The van der Waals surface area contributed by atoms with E-state index in [4.69, 9.17) is 10.2 Å². The van der Waals surface area contributed by atoms with Gasteiger partial charge in [-0.25, -0.2) is 14.8 Å². The molecule has 0 spiro atoms. The molecule has 0 aliphatic rings. The van der Waals surface area contributed by atoms with Gasteiger partial charge in [-0.2, -0.15) is 0 Å². The fraction of sp³-hybridized carbons (Fsp3) is 0.231. The van der Waals surface area contributed by atoms with E-state index in [0.29, 0.717) is 16.7 Å². The smallest absolute Gasteiger partial charge is 0.326 e. The maximum atomic E-state index is 11.0. The highest BCUT2D eigenvalue weighted by atomic mass is 16.4. The second-order valence-corrected chi connectivity index (χ2v) is 4.28. The van der Waals surface area contributed by atoms with Gasteiger partial charge in [0.2, 0.25) is 0 Å². The molecule has 0 aliphatic heterocycles. The summed E-state index contributed by atoms with van der Waals surface area (Å²) in [5.41, 5.74) is 1.82. The third-order valence-electron chi connectivity index (χ3n) is 2.73. The molecule has 1 unspecified atom stereocenters. The zero-order chi connectivity index (χ0) is 14.7. The van der Waals surface area contributed by atoms with E-state index >= 15 is 0 Å². The number of para-hydroxylation sites is 2. The molecule has 2 rings (SSSR count). The molecule has 7 nitrogen and oxygen atoms in total. The Kier molecular flexibility index (Phi) is 3.79. The summed E-state index contributed by atoms with van der Waals surface area (Å²) in [5.74, 6) is -2.17. The van der Waals surface area contributed by atoms with Crippen molar-refractivity contribution in [2.45, 2.75) is 19.4 Å². The zero-order valence-corrected chi connectivity index (χ0v) is 10.7. The Hall–Kier alpha value is -2.70. The van der Waals surface area contributed by atoms with Crippen LogP contribution >= 0.6 is 0 Å². The van der Waals surface area contributed by atoms with E-state index in [9.17, 15) is 9.59 Å². The monoisotopic (exact) mass is 275 g/mol. The summed E-state index contributed by atoms with van der Waals surface area (Å²) in [4.78, 5) is 30.3. The quantitative estimate of drug-likeness (QED) is 0.753. The summed E-state index contributed by atoms with van der Waals surface area (Å²) in [6.07, 6.45) is -0.538. The minimum atomic E-state index is -1.25. The van der Waals surface area contributed by atoms with E-state index in [2.05, 4.69) is 15.3 Å². The van der Waals surface area contributed by atoms with Crippen molar-refractivity contribution in [3.05, 3.63) is 30.0 Å². The van der Waals surface area contributed by atoms with E-state index in [-0.39, 0.29) is 5.82 Å². The fourth-order valence-electron chi connectivity index (χ4n) is 1.76. The van der Waals surface area contributed by atoms with Gasteiger partial charge in [0.05, 0.1) is 23.1 Å². The average Bonchev–Trinajstić information content (AvgIpc) is 2.38. The Morgan fingerprint density at radius 3 is 2.35 bits per heavy atom. The molecule has 0 bridgehead atoms. The summed E-state index contributed by atoms with van der Waals surface area (Å²) >= 11 is 0. The number of benzene rings is 1. The highest BCUT2D eigenvalue weighted by molar-refractivity contribution is 5.84. The summed E-state index contributed by atoms with van der Waals surface area (Å²) in [6.45, 7) is 1.68. The number of hydrogen-bond donors (Lipinski definition) is 3. The number of carboxylic acids is 2. The van der Waals surface area contributed by atoms with Gasteiger partial charge in [0, 0.05) is 0 Å². The number of rotatable bonds is 5. The number of aromatic nitrogens is 2. The van der Waals surface area contributed by atoms with E-state index in [1.54, 1.807) is 25.1 Å². The van der Waals surface area contributed by atoms with E-state index in [1.165, 1.54) is 0 Å². The first kappa shape index (κ1) is 13.7. The molecule has 20 heavy (non-hydrogen) atoms. The van der Waals surface area contributed by atoms with Gasteiger partial charge in [-0.3, -0.25) is 4.79 Å². The number of hydrogen-bond acceptors (Lipinski definition) is 5. The third-order valence-corrected chi connectivity index (χ3v) is 2.73. The lowest BCUT2D eigenvalue weighted by Crippen LogP contribution is -2.32. The Labute approximate surface area is 114 Å². The lowest BCUT2D eigenvalue weighted by Gasteiger charge is -2.14. The Morgan fingerprint density at radius 2 is 1.80 bits per heavy atom. The Bertz CT molecular complexity index is 672.